The van der Waals surface area contributed by atoms with Gasteiger partial charge in [0.05, 0.1) is 12.9 Å². The average Bonchev–Trinajstić information content (AvgIpc) is 2.92. The molecule has 0 saturated carbocycles. The molecule has 1 N–H and O–H groups in total. The molecule has 1 aromatic heterocycles. The first-order valence-corrected chi connectivity index (χ1v) is 7.28. The van der Waals surface area contributed by atoms with E-state index in [1.54, 1.807) is 6.20 Å². The summed E-state index contributed by atoms with van der Waals surface area (Å²) in [5.74, 6) is 1.92. The fourth-order valence-corrected chi connectivity index (χ4v) is 2.34. The van der Waals surface area contributed by atoms with Gasteiger partial charge in [0.15, 0.2) is 5.96 Å². The second kappa shape index (κ2) is 9.20. The average molecular weight is 391 g/mol. The number of guanidine groups is 1. The number of aliphatic imine (C=N–C) groups is 1. The number of nitrogens with zero attached hydrogens (tertiary/aromatic N) is 4. The van der Waals surface area contributed by atoms with E-state index in [9.17, 15) is 0 Å². The van der Waals surface area contributed by atoms with Gasteiger partial charge in [-0.2, -0.15) is 0 Å². The number of likely N-dealkylation sites (tertiary alicyclic amines) is 1. The van der Waals surface area contributed by atoms with E-state index in [0.717, 1.165) is 44.6 Å². The second-order valence-corrected chi connectivity index (χ2v) is 5.21. The predicted octanol–water partition coefficient (Wildman–Crippen LogP) is 2.20. The Labute approximate surface area is 138 Å². The number of piperidine rings is 1. The van der Waals surface area contributed by atoms with Crippen LogP contribution in [0.4, 0.5) is 0 Å². The Morgan fingerprint density at radius 1 is 1.40 bits per heavy atom. The molecule has 0 atom stereocenters. The van der Waals surface area contributed by atoms with E-state index < -0.39 is 0 Å². The lowest BCUT2D eigenvalue weighted by atomic mass is 10.00. The Morgan fingerprint density at radius 2 is 2.15 bits per heavy atom. The third-order valence-electron chi connectivity index (χ3n) is 3.60. The topological polar surface area (TPSA) is 45.5 Å². The van der Waals surface area contributed by atoms with Gasteiger partial charge in [-0.1, -0.05) is 6.92 Å². The molecule has 2 heterocycles. The molecule has 114 valence electrons. The Morgan fingerprint density at radius 3 is 2.75 bits per heavy atom. The zero-order valence-corrected chi connectivity index (χ0v) is 14.8. The SMILES string of the molecule is CCNC(=NCCn1ccnc1)N1CCC(C)CC1.I. The Bertz CT molecular complexity index is 382. The number of imidazole rings is 1. The largest absolute Gasteiger partial charge is 0.357 e. The molecular weight excluding hydrogens is 365 g/mol. The Balaban J connectivity index is 0.00000200. The van der Waals surface area contributed by atoms with Crippen molar-refractivity contribution in [2.45, 2.75) is 33.2 Å². The monoisotopic (exact) mass is 391 g/mol. The molecule has 0 amide bonds. The fourth-order valence-electron chi connectivity index (χ4n) is 2.34. The van der Waals surface area contributed by atoms with Crippen molar-refractivity contribution >= 4 is 29.9 Å². The molecule has 0 aromatic carbocycles. The van der Waals surface area contributed by atoms with Crippen LogP contribution in [-0.2, 0) is 6.54 Å². The molecule has 0 bridgehead atoms. The molecule has 5 nitrogen and oxygen atoms in total. The van der Waals surface area contributed by atoms with Gasteiger partial charge in [0, 0.05) is 38.6 Å². The van der Waals surface area contributed by atoms with Gasteiger partial charge in [0.1, 0.15) is 0 Å². The Kier molecular flexibility index (Phi) is 7.94. The maximum atomic E-state index is 4.72. The minimum Gasteiger partial charge on any atom is -0.357 e. The zero-order chi connectivity index (χ0) is 13.5. The van der Waals surface area contributed by atoms with E-state index >= 15 is 0 Å². The van der Waals surface area contributed by atoms with E-state index in [1.807, 2.05) is 12.5 Å². The van der Waals surface area contributed by atoms with E-state index in [-0.39, 0.29) is 24.0 Å². The summed E-state index contributed by atoms with van der Waals surface area (Å²) in [6.07, 6.45) is 8.16. The van der Waals surface area contributed by atoms with Crippen LogP contribution in [-0.4, -0.2) is 46.6 Å². The lowest BCUT2D eigenvalue weighted by Crippen LogP contribution is -2.45. The first kappa shape index (κ1) is 17.3. The normalized spacial score (nSPS) is 16.9. The minimum atomic E-state index is 0. The van der Waals surface area contributed by atoms with Crippen LogP contribution in [0.3, 0.4) is 0 Å². The lowest BCUT2D eigenvalue weighted by Gasteiger charge is -2.33. The van der Waals surface area contributed by atoms with Crippen molar-refractivity contribution in [3.8, 4) is 0 Å². The van der Waals surface area contributed by atoms with Gasteiger partial charge in [-0.15, -0.1) is 24.0 Å². The summed E-state index contributed by atoms with van der Waals surface area (Å²) >= 11 is 0. The van der Waals surface area contributed by atoms with Crippen LogP contribution in [0.25, 0.3) is 0 Å². The number of hydrogen-bond acceptors (Lipinski definition) is 2. The molecular formula is C14H26IN5. The summed E-state index contributed by atoms with van der Waals surface area (Å²) in [6, 6.07) is 0. The number of rotatable bonds is 4. The minimum absolute atomic E-state index is 0. The van der Waals surface area contributed by atoms with Crippen LogP contribution in [0.5, 0.6) is 0 Å². The first-order chi connectivity index (χ1) is 9.29. The van der Waals surface area contributed by atoms with Crippen LogP contribution in [0.1, 0.15) is 26.7 Å². The Hall–Kier alpha value is -0.790. The molecule has 0 aliphatic carbocycles. The van der Waals surface area contributed by atoms with Crippen molar-refractivity contribution in [3.05, 3.63) is 18.7 Å². The number of hydrogen-bond donors (Lipinski definition) is 1. The van der Waals surface area contributed by atoms with E-state index in [2.05, 4.69) is 33.6 Å². The highest BCUT2D eigenvalue weighted by Crippen LogP contribution is 2.15. The quantitative estimate of drug-likeness (QED) is 0.486. The maximum Gasteiger partial charge on any atom is 0.193 e. The molecule has 0 radical (unpaired) electrons. The van der Waals surface area contributed by atoms with Crippen LogP contribution < -0.4 is 5.32 Å². The van der Waals surface area contributed by atoms with Gasteiger partial charge in [0.2, 0.25) is 0 Å². The molecule has 1 fully saturated rings. The zero-order valence-electron chi connectivity index (χ0n) is 12.5. The van der Waals surface area contributed by atoms with Gasteiger partial charge in [-0.3, -0.25) is 4.99 Å². The molecule has 1 aliphatic heterocycles. The summed E-state index contributed by atoms with van der Waals surface area (Å²) in [5.41, 5.74) is 0. The van der Waals surface area contributed by atoms with Gasteiger partial charge >= 0.3 is 0 Å². The molecule has 2 rings (SSSR count). The van der Waals surface area contributed by atoms with Crippen molar-refractivity contribution in [3.63, 3.8) is 0 Å². The second-order valence-electron chi connectivity index (χ2n) is 5.21. The smallest absolute Gasteiger partial charge is 0.193 e. The van der Waals surface area contributed by atoms with Gasteiger partial charge in [-0.25, -0.2) is 4.98 Å². The van der Waals surface area contributed by atoms with Gasteiger partial charge in [-0.05, 0) is 25.7 Å². The standard InChI is InChI=1S/C14H25N5.HI/c1-3-16-14(19-8-4-13(2)5-9-19)17-7-11-18-10-6-15-12-18;/h6,10,12-13H,3-5,7-9,11H2,1-2H3,(H,16,17);1H. The highest BCUT2D eigenvalue weighted by Gasteiger charge is 2.18. The van der Waals surface area contributed by atoms with Crippen LogP contribution >= 0.6 is 24.0 Å². The summed E-state index contributed by atoms with van der Waals surface area (Å²) in [6.45, 7) is 9.31. The predicted molar refractivity (Wildman–Crippen MR) is 93.6 cm³/mol. The van der Waals surface area contributed by atoms with Crippen molar-refractivity contribution in [1.82, 2.24) is 19.8 Å². The molecule has 1 saturated heterocycles. The van der Waals surface area contributed by atoms with Gasteiger partial charge in [0.25, 0.3) is 0 Å². The number of aromatic nitrogens is 2. The van der Waals surface area contributed by atoms with Crippen molar-refractivity contribution < 1.29 is 0 Å². The van der Waals surface area contributed by atoms with Crippen LogP contribution in [0.2, 0.25) is 0 Å². The third kappa shape index (κ3) is 5.30. The summed E-state index contributed by atoms with van der Waals surface area (Å²) in [4.78, 5) is 11.1. The molecule has 6 heteroatoms. The fraction of sp³-hybridized carbons (Fsp3) is 0.714. The molecule has 20 heavy (non-hydrogen) atoms. The van der Waals surface area contributed by atoms with Crippen LogP contribution in [0, 0.1) is 5.92 Å². The molecule has 0 unspecified atom stereocenters. The number of nitrogens with one attached hydrogen (secondary N) is 1. The van der Waals surface area contributed by atoms with Crippen molar-refractivity contribution in [2.24, 2.45) is 10.9 Å². The summed E-state index contributed by atoms with van der Waals surface area (Å²) < 4.78 is 2.06. The van der Waals surface area contributed by atoms with E-state index in [4.69, 9.17) is 4.99 Å². The van der Waals surface area contributed by atoms with Crippen molar-refractivity contribution in [2.75, 3.05) is 26.2 Å². The molecule has 0 spiro atoms. The summed E-state index contributed by atoms with van der Waals surface area (Å²) in [7, 11) is 0. The van der Waals surface area contributed by atoms with E-state index in [1.165, 1.54) is 12.8 Å². The van der Waals surface area contributed by atoms with Crippen LogP contribution in [0.15, 0.2) is 23.7 Å². The van der Waals surface area contributed by atoms with E-state index in [0.29, 0.717) is 0 Å². The number of halogens is 1. The third-order valence-corrected chi connectivity index (χ3v) is 3.60. The summed E-state index contributed by atoms with van der Waals surface area (Å²) in [5, 5.41) is 3.40. The van der Waals surface area contributed by atoms with Crippen molar-refractivity contribution in [1.29, 1.82) is 0 Å². The maximum absolute atomic E-state index is 4.72. The lowest BCUT2D eigenvalue weighted by molar-refractivity contribution is 0.273. The highest BCUT2D eigenvalue weighted by atomic mass is 127. The molecule has 1 aliphatic rings. The highest BCUT2D eigenvalue weighted by molar-refractivity contribution is 14.0. The molecule has 1 aromatic rings. The van der Waals surface area contributed by atoms with Gasteiger partial charge < -0.3 is 14.8 Å². The first-order valence-electron chi connectivity index (χ1n) is 7.28.